The average Bonchev–Trinajstić information content (AvgIpc) is 3.11. The zero-order valence-electron chi connectivity index (χ0n) is 19.0. The predicted molar refractivity (Wildman–Crippen MR) is 122 cm³/mol. The topological polar surface area (TPSA) is 70.5 Å². The number of nitrogens with one attached hydrogen (secondary N) is 1. The van der Waals surface area contributed by atoms with Gasteiger partial charge in [-0.05, 0) is 51.4 Å². The van der Waals surface area contributed by atoms with Crippen LogP contribution in [0, 0.1) is 6.92 Å². The SMILES string of the molecule is CCN1CCCCNC(=O)CC(c2ccccc2)N(C(=O)c2cn(C)nc2C)CCC1. The van der Waals surface area contributed by atoms with Gasteiger partial charge in [-0.1, -0.05) is 37.3 Å². The normalized spacial score (nSPS) is 19.8. The molecule has 2 heterocycles. The standard InChI is InChI=1S/C24H35N5O2/c1-4-28-14-9-8-13-25-23(30)17-22(20-11-6-5-7-12-20)29(16-10-15-28)24(31)21-18-27(3)26-19(21)2/h5-7,11-12,18,22H,4,8-10,13-17H2,1-3H3,(H,25,30). The molecular weight excluding hydrogens is 390 g/mol. The molecule has 168 valence electrons. The van der Waals surface area contributed by atoms with Gasteiger partial charge in [0.1, 0.15) is 0 Å². The lowest BCUT2D eigenvalue weighted by Crippen LogP contribution is -2.39. The van der Waals surface area contributed by atoms with E-state index in [4.69, 9.17) is 0 Å². The minimum atomic E-state index is -0.316. The number of nitrogens with zero attached hydrogens (tertiary/aromatic N) is 4. The highest BCUT2D eigenvalue weighted by atomic mass is 16.2. The van der Waals surface area contributed by atoms with Gasteiger partial charge >= 0.3 is 0 Å². The molecule has 0 bridgehead atoms. The molecular formula is C24H35N5O2. The summed E-state index contributed by atoms with van der Waals surface area (Å²) in [6.07, 6.45) is 4.93. The molecule has 1 fully saturated rings. The summed E-state index contributed by atoms with van der Waals surface area (Å²) in [4.78, 5) is 30.8. The van der Waals surface area contributed by atoms with Crippen LogP contribution in [0.4, 0.5) is 0 Å². The zero-order chi connectivity index (χ0) is 22.2. The first-order valence-corrected chi connectivity index (χ1v) is 11.3. The van der Waals surface area contributed by atoms with E-state index in [1.807, 2.05) is 49.2 Å². The molecule has 0 aliphatic carbocycles. The molecule has 1 aliphatic rings. The van der Waals surface area contributed by atoms with E-state index in [1.54, 1.807) is 10.9 Å². The lowest BCUT2D eigenvalue weighted by atomic mass is 10.00. The Hall–Kier alpha value is -2.67. The quantitative estimate of drug-likeness (QED) is 0.821. The highest BCUT2D eigenvalue weighted by molar-refractivity contribution is 5.95. The number of aromatic nitrogens is 2. The molecule has 0 radical (unpaired) electrons. The lowest BCUT2D eigenvalue weighted by Gasteiger charge is -2.32. The minimum absolute atomic E-state index is 0.0128. The molecule has 3 rings (SSSR count). The van der Waals surface area contributed by atoms with Crippen molar-refractivity contribution in [1.82, 2.24) is 24.9 Å². The van der Waals surface area contributed by atoms with Crippen molar-refractivity contribution >= 4 is 11.8 Å². The van der Waals surface area contributed by atoms with E-state index in [-0.39, 0.29) is 24.3 Å². The maximum absolute atomic E-state index is 13.7. The van der Waals surface area contributed by atoms with E-state index >= 15 is 0 Å². The molecule has 0 spiro atoms. The summed E-state index contributed by atoms with van der Waals surface area (Å²) >= 11 is 0. The number of amides is 2. The number of hydrogen-bond donors (Lipinski definition) is 1. The fourth-order valence-electron chi connectivity index (χ4n) is 4.28. The van der Waals surface area contributed by atoms with Gasteiger partial charge in [-0.2, -0.15) is 5.10 Å². The molecule has 2 aromatic rings. The van der Waals surface area contributed by atoms with Crippen LogP contribution in [0.3, 0.4) is 0 Å². The van der Waals surface area contributed by atoms with Crippen LogP contribution in [0.5, 0.6) is 0 Å². The molecule has 1 N–H and O–H groups in total. The Balaban J connectivity index is 1.95. The van der Waals surface area contributed by atoms with E-state index in [0.717, 1.165) is 44.5 Å². The third-order valence-electron chi connectivity index (χ3n) is 5.99. The fourth-order valence-corrected chi connectivity index (χ4v) is 4.28. The smallest absolute Gasteiger partial charge is 0.257 e. The first kappa shape index (κ1) is 23.0. The number of hydrogen-bond acceptors (Lipinski definition) is 4. The summed E-state index contributed by atoms with van der Waals surface area (Å²) in [6.45, 7) is 8.25. The summed E-state index contributed by atoms with van der Waals surface area (Å²) in [5.41, 5.74) is 2.29. The van der Waals surface area contributed by atoms with Gasteiger partial charge in [-0.25, -0.2) is 0 Å². The van der Waals surface area contributed by atoms with Crippen LogP contribution in [0.2, 0.25) is 0 Å². The summed E-state index contributed by atoms with van der Waals surface area (Å²) in [6, 6.07) is 9.58. The lowest BCUT2D eigenvalue weighted by molar-refractivity contribution is -0.122. The van der Waals surface area contributed by atoms with Crippen LogP contribution >= 0.6 is 0 Å². The predicted octanol–water partition coefficient (Wildman–Crippen LogP) is 2.92. The van der Waals surface area contributed by atoms with Crippen molar-refractivity contribution < 1.29 is 9.59 Å². The summed E-state index contributed by atoms with van der Waals surface area (Å²) in [7, 11) is 1.82. The van der Waals surface area contributed by atoms with E-state index in [2.05, 4.69) is 22.2 Å². The van der Waals surface area contributed by atoms with Gasteiger partial charge in [-0.3, -0.25) is 14.3 Å². The molecule has 31 heavy (non-hydrogen) atoms. The third kappa shape index (κ3) is 6.17. The van der Waals surface area contributed by atoms with Gasteiger partial charge in [-0.15, -0.1) is 0 Å². The largest absolute Gasteiger partial charge is 0.356 e. The maximum Gasteiger partial charge on any atom is 0.257 e. The molecule has 7 heteroatoms. The van der Waals surface area contributed by atoms with E-state index in [0.29, 0.717) is 24.3 Å². The molecule has 0 saturated carbocycles. The zero-order valence-corrected chi connectivity index (χ0v) is 19.0. The summed E-state index contributed by atoms with van der Waals surface area (Å²) in [5.74, 6) is -0.0775. The van der Waals surface area contributed by atoms with Crippen molar-refractivity contribution in [3.05, 3.63) is 53.3 Å². The first-order valence-electron chi connectivity index (χ1n) is 11.3. The number of benzene rings is 1. The second-order valence-corrected chi connectivity index (χ2v) is 8.28. The van der Waals surface area contributed by atoms with Crippen molar-refractivity contribution in [2.45, 2.75) is 45.6 Å². The maximum atomic E-state index is 13.7. The third-order valence-corrected chi connectivity index (χ3v) is 5.99. The van der Waals surface area contributed by atoms with Crippen LogP contribution in [0.1, 0.15) is 60.3 Å². The van der Waals surface area contributed by atoms with Crippen LogP contribution < -0.4 is 5.32 Å². The molecule has 2 amide bonds. The Kier molecular flexibility index (Phi) is 8.23. The summed E-state index contributed by atoms with van der Waals surface area (Å²) < 4.78 is 1.67. The van der Waals surface area contributed by atoms with Crippen LogP contribution in [-0.4, -0.2) is 64.1 Å². The number of rotatable bonds is 3. The van der Waals surface area contributed by atoms with Gasteiger partial charge in [0.05, 0.1) is 23.7 Å². The van der Waals surface area contributed by atoms with Crippen molar-refractivity contribution in [3.8, 4) is 0 Å². The molecule has 1 saturated heterocycles. The minimum Gasteiger partial charge on any atom is -0.356 e. The Bertz CT molecular complexity index is 864. The average molecular weight is 426 g/mol. The van der Waals surface area contributed by atoms with Gasteiger partial charge in [0.15, 0.2) is 0 Å². The number of carbonyl (C=O) groups excluding carboxylic acids is 2. The summed E-state index contributed by atoms with van der Waals surface area (Å²) in [5, 5.41) is 7.42. The monoisotopic (exact) mass is 425 g/mol. The van der Waals surface area contributed by atoms with Crippen molar-refractivity contribution in [3.63, 3.8) is 0 Å². The molecule has 1 unspecified atom stereocenters. The number of aryl methyl sites for hydroxylation is 2. The molecule has 1 atom stereocenters. The Morgan fingerprint density at radius 3 is 2.55 bits per heavy atom. The molecule has 1 aromatic carbocycles. The van der Waals surface area contributed by atoms with Crippen molar-refractivity contribution in [1.29, 1.82) is 0 Å². The Labute approximate surface area is 185 Å². The molecule has 7 nitrogen and oxygen atoms in total. The molecule has 1 aliphatic heterocycles. The Morgan fingerprint density at radius 1 is 1.13 bits per heavy atom. The van der Waals surface area contributed by atoms with E-state index in [9.17, 15) is 9.59 Å². The van der Waals surface area contributed by atoms with Gasteiger partial charge in [0.2, 0.25) is 5.91 Å². The highest BCUT2D eigenvalue weighted by Gasteiger charge is 2.30. The van der Waals surface area contributed by atoms with Crippen LogP contribution in [-0.2, 0) is 11.8 Å². The van der Waals surface area contributed by atoms with E-state index < -0.39 is 0 Å². The Morgan fingerprint density at radius 2 is 1.87 bits per heavy atom. The van der Waals surface area contributed by atoms with Crippen molar-refractivity contribution in [2.75, 3.05) is 32.7 Å². The van der Waals surface area contributed by atoms with Gasteiger partial charge in [0.25, 0.3) is 5.91 Å². The van der Waals surface area contributed by atoms with Crippen molar-refractivity contribution in [2.24, 2.45) is 7.05 Å². The fraction of sp³-hybridized carbons (Fsp3) is 0.542. The second kappa shape index (κ2) is 11.1. The highest BCUT2D eigenvalue weighted by Crippen LogP contribution is 2.27. The van der Waals surface area contributed by atoms with Gasteiger partial charge in [0, 0.05) is 26.3 Å². The van der Waals surface area contributed by atoms with Crippen LogP contribution in [0.25, 0.3) is 0 Å². The van der Waals surface area contributed by atoms with Gasteiger partial charge < -0.3 is 15.1 Å². The number of carbonyl (C=O) groups is 2. The van der Waals surface area contributed by atoms with E-state index in [1.165, 1.54) is 0 Å². The van der Waals surface area contributed by atoms with Crippen LogP contribution in [0.15, 0.2) is 36.5 Å². The second-order valence-electron chi connectivity index (χ2n) is 8.28. The first-order chi connectivity index (χ1) is 15.0. The molecule has 1 aromatic heterocycles.